The van der Waals surface area contributed by atoms with Crippen molar-refractivity contribution in [2.24, 2.45) is 0 Å². The van der Waals surface area contributed by atoms with Crippen molar-refractivity contribution in [1.29, 1.82) is 0 Å². The molecule has 0 saturated carbocycles. The van der Waals surface area contributed by atoms with Gasteiger partial charge in [0.15, 0.2) is 0 Å². The summed E-state index contributed by atoms with van der Waals surface area (Å²) in [7, 11) is 1.59. The first kappa shape index (κ1) is 16.0. The summed E-state index contributed by atoms with van der Waals surface area (Å²) in [4.78, 5) is 4.11. The molecule has 0 aliphatic heterocycles. The number of aliphatic hydroxyl groups is 1. The molecule has 0 amide bonds. The van der Waals surface area contributed by atoms with E-state index in [0.29, 0.717) is 5.88 Å². The van der Waals surface area contributed by atoms with Gasteiger partial charge in [0, 0.05) is 11.8 Å². The number of rotatable bonds is 10. The molecular weight excluding hydrogens is 238 g/mol. The number of aliphatic hydroxyl groups excluding tert-OH is 1. The van der Waals surface area contributed by atoms with E-state index in [9.17, 15) is 5.11 Å². The number of hydrogen-bond donors (Lipinski definition) is 1. The average molecular weight is 265 g/mol. The van der Waals surface area contributed by atoms with Gasteiger partial charge in [0.2, 0.25) is 5.88 Å². The molecule has 0 aliphatic rings. The topological polar surface area (TPSA) is 42.4 Å². The Hall–Kier alpha value is -1.09. The minimum Gasteiger partial charge on any atom is -0.481 e. The molecule has 1 aromatic heterocycles. The molecular formula is C16H27NO2. The van der Waals surface area contributed by atoms with Crippen LogP contribution in [0.5, 0.6) is 5.88 Å². The second kappa shape index (κ2) is 9.79. The van der Waals surface area contributed by atoms with E-state index in [0.717, 1.165) is 18.4 Å². The van der Waals surface area contributed by atoms with Gasteiger partial charge in [-0.15, -0.1) is 0 Å². The molecule has 19 heavy (non-hydrogen) atoms. The lowest BCUT2D eigenvalue weighted by Gasteiger charge is -2.13. The summed E-state index contributed by atoms with van der Waals surface area (Å²) in [5, 5.41) is 10.2. The van der Waals surface area contributed by atoms with Gasteiger partial charge in [-0.25, -0.2) is 4.98 Å². The number of unbranched alkanes of at least 4 members (excludes halogenated alkanes) is 6. The fourth-order valence-electron chi connectivity index (χ4n) is 2.28. The van der Waals surface area contributed by atoms with E-state index in [1.165, 1.54) is 38.5 Å². The highest BCUT2D eigenvalue weighted by atomic mass is 16.5. The van der Waals surface area contributed by atoms with Crippen molar-refractivity contribution < 1.29 is 9.84 Å². The van der Waals surface area contributed by atoms with Gasteiger partial charge in [-0.2, -0.15) is 0 Å². The molecule has 1 N–H and O–H groups in total. The van der Waals surface area contributed by atoms with Crippen LogP contribution in [0.25, 0.3) is 0 Å². The molecule has 3 heteroatoms. The minimum absolute atomic E-state index is 0.459. The zero-order valence-corrected chi connectivity index (χ0v) is 12.3. The molecule has 0 spiro atoms. The summed E-state index contributed by atoms with van der Waals surface area (Å²) < 4.78 is 5.17. The van der Waals surface area contributed by atoms with Crippen LogP contribution in [0.2, 0.25) is 0 Å². The first-order valence-electron chi connectivity index (χ1n) is 7.46. The highest BCUT2D eigenvalue weighted by Crippen LogP contribution is 2.26. The van der Waals surface area contributed by atoms with Crippen molar-refractivity contribution in [2.75, 3.05) is 7.11 Å². The molecule has 1 aromatic rings. The molecule has 0 bridgehead atoms. The first-order chi connectivity index (χ1) is 9.29. The van der Waals surface area contributed by atoms with E-state index in [-0.39, 0.29) is 0 Å². The fourth-order valence-corrected chi connectivity index (χ4v) is 2.28. The molecule has 0 radical (unpaired) electrons. The van der Waals surface area contributed by atoms with E-state index < -0.39 is 6.10 Å². The third-order valence-corrected chi connectivity index (χ3v) is 3.43. The van der Waals surface area contributed by atoms with Crippen LogP contribution < -0.4 is 4.74 Å². The maximum atomic E-state index is 10.2. The Bertz CT molecular complexity index is 341. The molecule has 0 fully saturated rings. The van der Waals surface area contributed by atoms with Gasteiger partial charge in [-0.3, -0.25) is 0 Å². The van der Waals surface area contributed by atoms with Gasteiger partial charge in [0.25, 0.3) is 0 Å². The van der Waals surface area contributed by atoms with Crippen molar-refractivity contribution in [3.8, 4) is 5.88 Å². The lowest BCUT2D eigenvalue weighted by molar-refractivity contribution is 0.158. The van der Waals surface area contributed by atoms with Crippen LogP contribution in [0.3, 0.4) is 0 Å². The van der Waals surface area contributed by atoms with E-state index in [1.807, 2.05) is 12.1 Å². The number of pyridine rings is 1. The minimum atomic E-state index is -0.459. The highest BCUT2D eigenvalue weighted by Gasteiger charge is 2.13. The van der Waals surface area contributed by atoms with Crippen LogP contribution in [-0.2, 0) is 0 Å². The predicted molar refractivity (Wildman–Crippen MR) is 78.4 cm³/mol. The van der Waals surface area contributed by atoms with Crippen molar-refractivity contribution >= 4 is 0 Å². The van der Waals surface area contributed by atoms with Crippen molar-refractivity contribution in [3.05, 3.63) is 23.9 Å². The molecule has 0 saturated heterocycles. The van der Waals surface area contributed by atoms with E-state index >= 15 is 0 Å². The molecule has 0 aromatic carbocycles. The SMILES string of the molecule is CCCCCCCCCC(O)c1cccnc1OC. The van der Waals surface area contributed by atoms with Crippen LogP contribution in [-0.4, -0.2) is 17.2 Å². The smallest absolute Gasteiger partial charge is 0.218 e. The molecule has 1 heterocycles. The number of aromatic nitrogens is 1. The van der Waals surface area contributed by atoms with Gasteiger partial charge in [0.1, 0.15) is 0 Å². The lowest BCUT2D eigenvalue weighted by atomic mass is 10.0. The maximum Gasteiger partial charge on any atom is 0.218 e. The monoisotopic (exact) mass is 265 g/mol. The first-order valence-corrected chi connectivity index (χ1v) is 7.46. The number of nitrogens with zero attached hydrogens (tertiary/aromatic N) is 1. The number of ether oxygens (including phenoxy) is 1. The van der Waals surface area contributed by atoms with Crippen LogP contribution in [0.15, 0.2) is 18.3 Å². The summed E-state index contributed by atoms with van der Waals surface area (Å²) in [6, 6.07) is 3.73. The van der Waals surface area contributed by atoms with Crippen LogP contribution in [0.4, 0.5) is 0 Å². The van der Waals surface area contributed by atoms with Crippen LogP contribution in [0, 0.1) is 0 Å². The van der Waals surface area contributed by atoms with Gasteiger partial charge < -0.3 is 9.84 Å². The van der Waals surface area contributed by atoms with E-state index in [1.54, 1.807) is 13.3 Å². The maximum absolute atomic E-state index is 10.2. The Labute approximate surface area is 117 Å². The second-order valence-corrected chi connectivity index (χ2v) is 5.03. The molecule has 108 valence electrons. The van der Waals surface area contributed by atoms with Gasteiger partial charge in [-0.1, -0.05) is 51.9 Å². The molecule has 1 atom stereocenters. The van der Waals surface area contributed by atoms with Gasteiger partial charge in [0.05, 0.1) is 13.2 Å². The lowest BCUT2D eigenvalue weighted by Crippen LogP contribution is -2.02. The highest BCUT2D eigenvalue weighted by molar-refractivity contribution is 5.27. The molecule has 1 rings (SSSR count). The van der Waals surface area contributed by atoms with Crippen LogP contribution >= 0.6 is 0 Å². The number of hydrogen-bond acceptors (Lipinski definition) is 3. The van der Waals surface area contributed by atoms with Crippen LogP contribution in [0.1, 0.15) is 70.0 Å². The summed E-state index contributed by atoms with van der Waals surface area (Å²) in [5.74, 6) is 0.540. The van der Waals surface area contributed by atoms with Crippen molar-refractivity contribution in [2.45, 2.75) is 64.4 Å². The fraction of sp³-hybridized carbons (Fsp3) is 0.688. The van der Waals surface area contributed by atoms with Gasteiger partial charge >= 0.3 is 0 Å². The quantitative estimate of drug-likeness (QED) is 0.643. The third kappa shape index (κ3) is 6.06. The van der Waals surface area contributed by atoms with Gasteiger partial charge in [-0.05, 0) is 18.6 Å². The zero-order valence-electron chi connectivity index (χ0n) is 12.3. The standard InChI is InChI=1S/C16H27NO2/c1-3-4-5-6-7-8-9-12-15(18)14-11-10-13-17-16(14)19-2/h10-11,13,15,18H,3-9,12H2,1-2H3. The summed E-state index contributed by atoms with van der Waals surface area (Å²) in [5.41, 5.74) is 0.802. The Balaban J connectivity index is 2.22. The summed E-state index contributed by atoms with van der Waals surface area (Å²) in [6.45, 7) is 2.23. The Morgan fingerprint density at radius 2 is 1.84 bits per heavy atom. The predicted octanol–water partition coefficient (Wildman–Crippen LogP) is 4.26. The zero-order chi connectivity index (χ0) is 13.9. The average Bonchev–Trinajstić information content (AvgIpc) is 2.46. The Morgan fingerprint density at radius 1 is 1.16 bits per heavy atom. The van der Waals surface area contributed by atoms with Crippen molar-refractivity contribution in [1.82, 2.24) is 4.98 Å². The molecule has 3 nitrogen and oxygen atoms in total. The normalized spacial score (nSPS) is 12.4. The number of methoxy groups -OCH3 is 1. The summed E-state index contributed by atoms with van der Waals surface area (Å²) >= 11 is 0. The largest absolute Gasteiger partial charge is 0.481 e. The van der Waals surface area contributed by atoms with E-state index in [2.05, 4.69) is 11.9 Å². The molecule has 0 aliphatic carbocycles. The second-order valence-electron chi connectivity index (χ2n) is 5.03. The molecule has 1 unspecified atom stereocenters. The van der Waals surface area contributed by atoms with Crippen molar-refractivity contribution in [3.63, 3.8) is 0 Å². The Morgan fingerprint density at radius 3 is 2.53 bits per heavy atom. The Kier molecular flexibility index (Phi) is 8.23. The third-order valence-electron chi connectivity index (χ3n) is 3.43. The van der Waals surface area contributed by atoms with E-state index in [4.69, 9.17) is 4.74 Å². The summed E-state index contributed by atoms with van der Waals surface area (Å²) in [6.07, 6.45) is 10.8.